The highest BCUT2D eigenvalue weighted by atomic mass is 16.3. The fraction of sp³-hybridized carbons (Fsp3) is 0. The topological polar surface area (TPSA) is 130 Å². The summed E-state index contributed by atoms with van der Waals surface area (Å²) in [7, 11) is 0. The Bertz CT molecular complexity index is 9320. The van der Waals surface area contributed by atoms with Crippen LogP contribution < -0.4 is 0 Å². The van der Waals surface area contributed by atoms with Crippen LogP contribution in [0.5, 0.6) is 0 Å². The van der Waals surface area contributed by atoms with Gasteiger partial charge in [0.1, 0.15) is 50.0 Å². The van der Waals surface area contributed by atoms with Gasteiger partial charge in [0.15, 0.2) is 16.9 Å². The van der Waals surface area contributed by atoms with E-state index in [1.54, 1.807) is 0 Å². The number of nitrogens with zero attached hydrogens (tertiary/aromatic N) is 9. The monoisotopic (exact) mass is 1480 g/mol. The molecule has 12 aromatic heterocycles. The van der Waals surface area contributed by atoms with Gasteiger partial charge in [-0.15, -0.1) is 0 Å². The highest BCUT2D eigenvalue weighted by molar-refractivity contribution is 6.29. The molecule has 116 heavy (non-hydrogen) atoms. The Labute approximate surface area is 654 Å². The van der Waals surface area contributed by atoms with E-state index < -0.39 is 0 Å². The summed E-state index contributed by atoms with van der Waals surface area (Å²) in [5.74, 6) is 0. The molecule has 12 heteroatoms. The minimum Gasteiger partial charge on any atom is -0.456 e. The second kappa shape index (κ2) is 22.9. The summed E-state index contributed by atoms with van der Waals surface area (Å²) in [6.45, 7) is 0. The van der Waals surface area contributed by atoms with Crippen LogP contribution >= 0.6 is 0 Å². The normalized spacial score (nSPS) is 12.5. The van der Waals surface area contributed by atoms with Gasteiger partial charge in [-0.25, -0.2) is 29.9 Å². The molecule has 0 aliphatic carbocycles. The third-order valence-corrected chi connectivity index (χ3v) is 24.5. The first kappa shape index (κ1) is 61.8. The molecule has 0 saturated carbocycles. The summed E-state index contributed by atoms with van der Waals surface area (Å²) < 4.78 is 26.1. The van der Waals surface area contributed by atoms with Crippen LogP contribution in [0.15, 0.2) is 347 Å². The van der Waals surface area contributed by atoms with E-state index in [0.717, 1.165) is 176 Å². The van der Waals surface area contributed by atoms with Crippen LogP contribution in [0.1, 0.15) is 0 Å². The second-order valence-electron chi connectivity index (χ2n) is 30.8. The van der Waals surface area contributed by atoms with E-state index in [1.807, 2.05) is 78.9 Å². The largest absolute Gasteiger partial charge is 0.456 e. The molecule has 0 amide bonds. The van der Waals surface area contributed by atoms with Crippen molar-refractivity contribution >= 4 is 236 Å². The summed E-state index contributed by atoms with van der Waals surface area (Å²) in [6, 6.07) is 117. The number of furan rings is 3. The number of aromatic nitrogens is 9. The van der Waals surface area contributed by atoms with Crippen LogP contribution in [0, 0.1) is 0 Å². The van der Waals surface area contributed by atoms with Crippen molar-refractivity contribution < 1.29 is 13.3 Å². The molecule has 534 valence electrons. The fourth-order valence-electron chi connectivity index (χ4n) is 19.2. The Hall–Kier alpha value is -15.9. The predicted molar refractivity (Wildman–Crippen MR) is 476 cm³/mol. The van der Waals surface area contributed by atoms with Crippen molar-refractivity contribution in [3.63, 3.8) is 0 Å². The molecule has 0 N–H and O–H groups in total. The van der Waals surface area contributed by atoms with Crippen LogP contribution in [0.3, 0.4) is 0 Å². The molecular weight excluding hydrogens is 1420 g/mol. The number of fused-ring (bicyclic) bond motifs is 32. The quantitative estimate of drug-likeness (QED) is 0.170. The van der Waals surface area contributed by atoms with Crippen LogP contribution in [0.25, 0.3) is 269 Å². The maximum absolute atomic E-state index is 6.44. The van der Waals surface area contributed by atoms with Crippen molar-refractivity contribution in [1.82, 2.24) is 43.1 Å². The Morgan fingerprint density at radius 2 is 0.509 bits per heavy atom. The fourth-order valence-corrected chi connectivity index (χ4v) is 19.2. The van der Waals surface area contributed by atoms with E-state index in [0.29, 0.717) is 0 Å². The van der Waals surface area contributed by atoms with Crippen LogP contribution in [0.4, 0.5) is 0 Å². The van der Waals surface area contributed by atoms with Gasteiger partial charge in [0, 0.05) is 80.8 Å². The first-order valence-corrected chi connectivity index (χ1v) is 39.1. The standard InChI is InChI=1S/2C36H19N3O.C32H17N3O/c1-2-9-22-20(7-1)8-5-10-23(22)21-15-16-32-27(17-21)28-18-31-26(19-33(28)40-32)24-11-6-12-25-34-36(39(31)35(24)25)38-30-14-4-3-13-29(30)37-34;1-2-7-21-16-22(13-12-20(21)6-1)23-14-15-32-27(17-23)28-18-31-26(19-33(28)40-32)24-8-5-9-25-34-36(39(31)35(24)25)38-30-11-4-3-10-29(30)37-34;1-2-7-18(8-3-1)19-13-14-28-23(15-19)24-16-27-22(17-29(24)36-28)20-9-6-10-21-30-32(35(27)31(20)21)34-26-12-5-4-11-25(26)33-30/h2*1-19H;1-17H. The van der Waals surface area contributed by atoms with Crippen molar-refractivity contribution in [2.75, 3.05) is 0 Å². The number of rotatable bonds is 3. The van der Waals surface area contributed by atoms with E-state index in [2.05, 4.69) is 268 Å². The average molecular weight is 1480 g/mol. The van der Waals surface area contributed by atoms with Crippen molar-refractivity contribution in [3.8, 4) is 33.4 Å². The van der Waals surface area contributed by atoms with Crippen LogP contribution in [-0.4, -0.2) is 43.1 Å². The first-order chi connectivity index (χ1) is 57.4. The molecule has 0 bridgehead atoms. The first-order valence-electron chi connectivity index (χ1n) is 39.1. The van der Waals surface area contributed by atoms with E-state index >= 15 is 0 Å². The van der Waals surface area contributed by atoms with Crippen molar-refractivity contribution in [1.29, 1.82) is 0 Å². The maximum atomic E-state index is 6.44. The average Bonchev–Trinajstić information content (AvgIpc) is 1.54. The SMILES string of the molecule is c1ccc(-c2ccc3oc4cc5c6cccc7c8nc9ccccc9nc8n(c5cc4c3c2)c67)cc1.c1ccc2c(-c3ccc4oc5cc6c7cccc8c9nc%10ccccc%10nc9n(c6cc5c4c3)c78)cccc2c1.c1ccc2cc(-c3ccc4oc5cc6c7cccc8c9nc%10ccccc%10nc9n(c6cc5c4c3)c78)ccc2c1. The van der Waals surface area contributed by atoms with Gasteiger partial charge in [-0.2, -0.15) is 0 Å². The van der Waals surface area contributed by atoms with Crippen LogP contribution in [0.2, 0.25) is 0 Å². The van der Waals surface area contributed by atoms with Crippen molar-refractivity contribution in [2.45, 2.75) is 0 Å². The molecule has 0 atom stereocenters. The lowest BCUT2D eigenvalue weighted by Crippen LogP contribution is -1.88. The number of hydrogen-bond acceptors (Lipinski definition) is 9. The summed E-state index contributed by atoms with van der Waals surface area (Å²) >= 11 is 0. The lowest BCUT2D eigenvalue weighted by atomic mass is 9.97. The molecule has 0 fully saturated rings. The summed E-state index contributed by atoms with van der Waals surface area (Å²) in [6.07, 6.45) is 0. The van der Waals surface area contributed by atoms with Gasteiger partial charge in [-0.05, 0) is 170 Å². The predicted octanol–water partition coefficient (Wildman–Crippen LogP) is 27.3. The van der Waals surface area contributed by atoms with Gasteiger partial charge < -0.3 is 13.3 Å². The lowest BCUT2D eigenvalue weighted by molar-refractivity contribution is 0.669. The third kappa shape index (κ3) is 8.64. The molecule has 0 spiro atoms. The van der Waals surface area contributed by atoms with Gasteiger partial charge >= 0.3 is 0 Å². The van der Waals surface area contributed by atoms with Crippen LogP contribution in [-0.2, 0) is 0 Å². The molecule has 12 heterocycles. The molecule has 29 aromatic rings. The van der Waals surface area contributed by atoms with E-state index in [-0.39, 0.29) is 0 Å². The van der Waals surface area contributed by atoms with Gasteiger partial charge in [0.05, 0.1) is 66.2 Å². The van der Waals surface area contributed by atoms with E-state index in [9.17, 15) is 0 Å². The van der Waals surface area contributed by atoms with Gasteiger partial charge in [-0.3, -0.25) is 13.2 Å². The van der Waals surface area contributed by atoms with Crippen molar-refractivity contribution in [2.24, 2.45) is 0 Å². The third-order valence-electron chi connectivity index (χ3n) is 24.5. The molecule has 0 radical (unpaired) electrons. The molecule has 17 aromatic carbocycles. The Kier molecular flexibility index (Phi) is 12.2. The molecule has 0 saturated heterocycles. The summed E-state index contributed by atoms with van der Waals surface area (Å²) in [5.41, 5.74) is 30.4. The minimum atomic E-state index is 0.892. The molecule has 12 nitrogen and oxygen atoms in total. The van der Waals surface area contributed by atoms with Gasteiger partial charge in [0.25, 0.3) is 0 Å². The molecule has 0 unspecified atom stereocenters. The second-order valence-corrected chi connectivity index (χ2v) is 30.8. The summed E-state index contributed by atoms with van der Waals surface area (Å²) in [5, 5.41) is 22.1. The number of para-hydroxylation sites is 9. The zero-order valence-corrected chi connectivity index (χ0v) is 61.5. The molecular formula is C104H55N9O3. The van der Waals surface area contributed by atoms with Crippen molar-refractivity contribution in [3.05, 3.63) is 334 Å². The Balaban J connectivity index is 0.0000000933. The Morgan fingerprint density at radius 3 is 0.974 bits per heavy atom. The van der Waals surface area contributed by atoms with Gasteiger partial charge in [0.2, 0.25) is 0 Å². The zero-order valence-electron chi connectivity index (χ0n) is 61.5. The number of benzene rings is 17. The molecule has 0 aliphatic rings. The zero-order chi connectivity index (χ0) is 75.3. The van der Waals surface area contributed by atoms with Gasteiger partial charge in [-0.1, -0.05) is 218 Å². The highest BCUT2D eigenvalue weighted by Crippen LogP contribution is 2.48. The number of hydrogen-bond donors (Lipinski definition) is 0. The minimum absolute atomic E-state index is 0.892. The van der Waals surface area contributed by atoms with E-state index in [4.69, 9.17) is 43.2 Å². The summed E-state index contributed by atoms with van der Waals surface area (Å²) in [4.78, 5) is 30.4. The van der Waals surface area contributed by atoms with E-state index in [1.165, 1.54) is 92.8 Å². The lowest BCUT2D eigenvalue weighted by Gasteiger charge is -2.07. The highest BCUT2D eigenvalue weighted by Gasteiger charge is 2.27. The maximum Gasteiger partial charge on any atom is 0.165 e. The molecule has 0 aliphatic heterocycles. The molecule has 29 rings (SSSR count). The Morgan fingerprint density at radius 1 is 0.181 bits per heavy atom. The smallest absolute Gasteiger partial charge is 0.165 e.